The number of amides is 1. The second kappa shape index (κ2) is 9.37. The Labute approximate surface area is 196 Å². The Morgan fingerprint density at radius 1 is 1.03 bits per heavy atom. The lowest BCUT2D eigenvalue weighted by molar-refractivity contribution is -0.129. The fraction of sp³-hybridized carbons (Fsp3) is 0.227. The summed E-state index contributed by atoms with van der Waals surface area (Å²) in [5.74, 6) is 0.898. The van der Waals surface area contributed by atoms with Crippen molar-refractivity contribution in [1.82, 2.24) is 9.97 Å². The molecule has 3 N–H and O–H groups in total. The number of halogens is 2. The van der Waals surface area contributed by atoms with Crippen LogP contribution in [0.1, 0.15) is 13.8 Å². The van der Waals surface area contributed by atoms with E-state index in [2.05, 4.69) is 25.9 Å². The summed E-state index contributed by atoms with van der Waals surface area (Å²) in [7, 11) is 3.09. The van der Waals surface area contributed by atoms with Gasteiger partial charge < -0.3 is 30.2 Å². The fourth-order valence-corrected chi connectivity index (χ4v) is 3.05. The van der Waals surface area contributed by atoms with Gasteiger partial charge in [0, 0.05) is 29.6 Å². The molecule has 2 heterocycles. The number of rotatable bonds is 6. The number of fused-ring (bicyclic) bond motifs is 1. The number of benzene rings is 2. The van der Waals surface area contributed by atoms with Crippen LogP contribution in [-0.2, 0) is 4.79 Å². The summed E-state index contributed by atoms with van der Waals surface area (Å²) in [6.07, 6.45) is 1.06. The van der Waals surface area contributed by atoms with Gasteiger partial charge in [-0.25, -0.2) is 9.37 Å². The summed E-state index contributed by atoms with van der Waals surface area (Å²) in [5, 5.41) is 8.70. The van der Waals surface area contributed by atoms with E-state index < -0.39 is 11.4 Å². The van der Waals surface area contributed by atoms with Crippen LogP contribution in [0.2, 0.25) is 0 Å². The first-order chi connectivity index (χ1) is 15.3. The van der Waals surface area contributed by atoms with Gasteiger partial charge in [-0.2, -0.15) is 4.98 Å². The minimum atomic E-state index is -0.968. The van der Waals surface area contributed by atoms with E-state index in [0.717, 1.165) is 6.20 Å². The van der Waals surface area contributed by atoms with Crippen molar-refractivity contribution < 1.29 is 23.4 Å². The van der Waals surface area contributed by atoms with Gasteiger partial charge in [0.1, 0.15) is 17.2 Å². The van der Waals surface area contributed by atoms with Crippen molar-refractivity contribution >= 4 is 47.1 Å². The van der Waals surface area contributed by atoms with E-state index in [4.69, 9.17) is 14.2 Å². The van der Waals surface area contributed by atoms with Gasteiger partial charge in [0.05, 0.1) is 26.1 Å². The van der Waals surface area contributed by atoms with Crippen molar-refractivity contribution in [3.63, 3.8) is 0 Å². The Hall–Kier alpha value is -3.79. The van der Waals surface area contributed by atoms with E-state index in [1.807, 2.05) is 0 Å². The third kappa shape index (κ3) is 5.17. The highest BCUT2D eigenvalue weighted by atomic mass is 35.5. The first kappa shape index (κ1) is 23.9. The van der Waals surface area contributed by atoms with Crippen LogP contribution in [0.15, 0.2) is 42.6 Å². The van der Waals surface area contributed by atoms with E-state index in [9.17, 15) is 9.18 Å². The van der Waals surface area contributed by atoms with Crippen molar-refractivity contribution in [1.29, 1.82) is 0 Å². The minimum absolute atomic E-state index is 0. The van der Waals surface area contributed by atoms with Crippen molar-refractivity contribution in [2.75, 3.05) is 30.2 Å². The second-order valence-electron chi connectivity index (χ2n) is 7.52. The minimum Gasteiger partial charge on any atom is -0.497 e. The van der Waals surface area contributed by atoms with Crippen LogP contribution in [0.4, 0.5) is 33.2 Å². The third-order valence-electron chi connectivity index (χ3n) is 4.75. The Morgan fingerprint density at radius 2 is 1.73 bits per heavy atom. The monoisotopic (exact) mass is 475 g/mol. The van der Waals surface area contributed by atoms with Crippen molar-refractivity contribution in [3.8, 4) is 17.2 Å². The van der Waals surface area contributed by atoms with E-state index in [-0.39, 0.29) is 30.1 Å². The maximum absolute atomic E-state index is 14.4. The molecule has 0 radical (unpaired) electrons. The van der Waals surface area contributed by atoms with E-state index in [0.29, 0.717) is 34.3 Å². The highest BCUT2D eigenvalue weighted by molar-refractivity contribution is 6.00. The van der Waals surface area contributed by atoms with Crippen LogP contribution in [0.25, 0.3) is 0 Å². The molecule has 11 heteroatoms. The second-order valence-corrected chi connectivity index (χ2v) is 7.52. The van der Waals surface area contributed by atoms with E-state index >= 15 is 0 Å². The van der Waals surface area contributed by atoms with Crippen LogP contribution < -0.4 is 30.2 Å². The molecule has 174 valence electrons. The molecule has 1 amide bonds. The first-order valence-corrected chi connectivity index (χ1v) is 9.71. The van der Waals surface area contributed by atoms with Gasteiger partial charge in [-0.15, -0.1) is 12.4 Å². The zero-order valence-corrected chi connectivity index (χ0v) is 19.2. The summed E-state index contributed by atoms with van der Waals surface area (Å²) in [5.41, 5.74) is 0.633. The molecule has 0 atom stereocenters. The number of nitrogens with one attached hydrogen (secondary N) is 3. The fourth-order valence-electron chi connectivity index (χ4n) is 3.05. The first-order valence-electron chi connectivity index (χ1n) is 9.71. The van der Waals surface area contributed by atoms with Crippen molar-refractivity contribution in [2.45, 2.75) is 19.4 Å². The molecule has 1 aliphatic heterocycles. The normalized spacial score (nSPS) is 13.5. The van der Waals surface area contributed by atoms with Crippen LogP contribution in [0.5, 0.6) is 17.2 Å². The molecule has 0 saturated heterocycles. The Bertz CT molecular complexity index is 1170. The van der Waals surface area contributed by atoms with Gasteiger partial charge in [-0.05, 0) is 32.0 Å². The van der Waals surface area contributed by atoms with Gasteiger partial charge in [-0.1, -0.05) is 0 Å². The van der Waals surface area contributed by atoms with Crippen LogP contribution in [-0.4, -0.2) is 35.7 Å². The summed E-state index contributed by atoms with van der Waals surface area (Å²) in [6.45, 7) is 3.36. The molecule has 33 heavy (non-hydrogen) atoms. The molecule has 9 nitrogen and oxygen atoms in total. The van der Waals surface area contributed by atoms with Crippen LogP contribution in [0, 0.1) is 5.82 Å². The molecule has 4 rings (SSSR count). The zero-order valence-electron chi connectivity index (χ0n) is 18.4. The number of carbonyl (C=O) groups is 1. The number of anilines is 5. The lowest BCUT2D eigenvalue weighted by Crippen LogP contribution is -2.45. The quantitative estimate of drug-likeness (QED) is 0.473. The largest absolute Gasteiger partial charge is 0.497 e. The van der Waals surface area contributed by atoms with E-state index in [1.165, 1.54) is 0 Å². The molecule has 1 aromatic heterocycles. The molecular formula is C22H23ClFN5O4. The molecule has 0 fully saturated rings. The average molecular weight is 476 g/mol. The molecule has 0 spiro atoms. The maximum atomic E-state index is 14.4. The van der Waals surface area contributed by atoms with Crippen molar-refractivity contribution in [3.05, 3.63) is 48.4 Å². The summed E-state index contributed by atoms with van der Waals surface area (Å²) >= 11 is 0. The predicted octanol–water partition coefficient (Wildman–Crippen LogP) is 4.65. The Morgan fingerprint density at radius 3 is 2.39 bits per heavy atom. The highest BCUT2D eigenvalue weighted by Gasteiger charge is 2.35. The predicted molar refractivity (Wildman–Crippen MR) is 125 cm³/mol. The van der Waals surface area contributed by atoms with Gasteiger partial charge in [0.25, 0.3) is 5.91 Å². The maximum Gasteiger partial charge on any atom is 0.268 e. The standard InChI is InChI=1S/C22H22FN5O4.ClH/c1-22(2)20(29)27-17-9-12(5-6-18(17)32-22)25-19-16(23)11-24-21(28-19)26-13-7-14(30-3)10-15(8-13)31-4;/h5-11H,1-4H3,(H,27,29)(H2,24,25,26,28);1H. The molecule has 3 aromatic rings. The highest BCUT2D eigenvalue weighted by Crippen LogP contribution is 2.36. The summed E-state index contributed by atoms with van der Waals surface area (Å²) < 4.78 is 30.6. The van der Waals surface area contributed by atoms with E-state index in [1.54, 1.807) is 64.5 Å². The molecule has 0 unspecified atom stereocenters. The number of hydrogen-bond donors (Lipinski definition) is 3. The summed E-state index contributed by atoms with van der Waals surface area (Å²) in [6, 6.07) is 10.2. The molecule has 0 aliphatic carbocycles. The van der Waals surface area contributed by atoms with Crippen LogP contribution >= 0.6 is 12.4 Å². The summed E-state index contributed by atoms with van der Waals surface area (Å²) in [4.78, 5) is 20.4. The zero-order chi connectivity index (χ0) is 22.9. The van der Waals surface area contributed by atoms with Gasteiger partial charge in [-0.3, -0.25) is 4.79 Å². The molecule has 0 saturated carbocycles. The number of methoxy groups -OCH3 is 2. The van der Waals surface area contributed by atoms with Gasteiger partial charge >= 0.3 is 0 Å². The van der Waals surface area contributed by atoms with Crippen LogP contribution in [0.3, 0.4) is 0 Å². The number of nitrogens with zero attached hydrogens (tertiary/aromatic N) is 2. The third-order valence-corrected chi connectivity index (χ3v) is 4.75. The molecular weight excluding hydrogens is 453 g/mol. The lowest BCUT2D eigenvalue weighted by atomic mass is 10.1. The van der Waals surface area contributed by atoms with Crippen molar-refractivity contribution in [2.24, 2.45) is 0 Å². The number of hydrogen-bond acceptors (Lipinski definition) is 8. The Kier molecular flexibility index (Phi) is 6.78. The number of aromatic nitrogens is 2. The molecule has 0 bridgehead atoms. The topological polar surface area (TPSA) is 107 Å². The van der Waals surface area contributed by atoms with Gasteiger partial charge in [0.15, 0.2) is 17.2 Å². The van der Waals surface area contributed by atoms with Gasteiger partial charge in [0.2, 0.25) is 5.95 Å². The lowest BCUT2D eigenvalue weighted by Gasteiger charge is -2.31. The Balaban J connectivity index is 0.00000306. The molecule has 2 aromatic carbocycles. The average Bonchev–Trinajstić information content (AvgIpc) is 2.76. The SMILES string of the molecule is COc1cc(Nc2ncc(F)c(Nc3ccc4c(c3)NC(=O)C(C)(C)O4)n2)cc(OC)c1.Cl. The number of carbonyl (C=O) groups excluding carboxylic acids is 1. The molecule has 1 aliphatic rings. The smallest absolute Gasteiger partial charge is 0.268 e. The number of ether oxygens (including phenoxy) is 3.